The zero-order chi connectivity index (χ0) is 15.4. The summed E-state index contributed by atoms with van der Waals surface area (Å²) in [6, 6.07) is 0. The molecule has 1 atom stereocenters. The van der Waals surface area contributed by atoms with Crippen LogP contribution in [0.5, 0.6) is 0 Å². The van der Waals surface area contributed by atoms with Crippen molar-refractivity contribution >= 4 is 15.2 Å². The third-order valence-electron chi connectivity index (χ3n) is 2.75. The first-order chi connectivity index (χ1) is 9.05. The highest BCUT2D eigenvalue weighted by Gasteiger charge is 2.26. The zero-order valence-electron chi connectivity index (χ0n) is 10.7. The Balaban J connectivity index is 2.55. The molecule has 0 saturated heterocycles. The van der Waals surface area contributed by atoms with Gasteiger partial charge in [-0.1, -0.05) is 6.08 Å². The zero-order valence-corrected chi connectivity index (χ0v) is 12.5. The van der Waals surface area contributed by atoms with Crippen molar-refractivity contribution in [2.45, 2.75) is 12.8 Å². The molecule has 0 bridgehead atoms. The van der Waals surface area contributed by atoms with Crippen molar-refractivity contribution in [1.82, 2.24) is 4.90 Å². The summed E-state index contributed by atoms with van der Waals surface area (Å²) in [5.74, 6) is 0.241. The van der Waals surface area contributed by atoms with Gasteiger partial charge in [0, 0.05) is 6.54 Å². The van der Waals surface area contributed by atoms with Crippen LogP contribution in [0.2, 0.25) is 0 Å². The SMILES string of the molecule is O=P(O)(O)CN(CC[C@H]1C=CC(O)=CC1)CP(=O)(O)O. The van der Waals surface area contributed by atoms with Crippen molar-refractivity contribution in [2.24, 2.45) is 5.92 Å². The molecule has 0 fully saturated rings. The number of hydrogen-bond donors (Lipinski definition) is 5. The van der Waals surface area contributed by atoms with E-state index in [1.807, 2.05) is 0 Å². The fourth-order valence-corrected chi connectivity index (χ4v) is 3.61. The number of nitrogens with zero attached hydrogens (tertiary/aromatic N) is 1. The van der Waals surface area contributed by atoms with Gasteiger partial charge in [-0.15, -0.1) is 0 Å². The van der Waals surface area contributed by atoms with E-state index >= 15 is 0 Å². The third kappa shape index (κ3) is 7.97. The van der Waals surface area contributed by atoms with E-state index < -0.39 is 27.8 Å². The monoisotopic (exact) mass is 327 g/mol. The van der Waals surface area contributed by atoms with Crippen LogP contribution in [0.4, 0.5) is 0 Å². The lowest BCUT2D eigenvalue weighted by atomic mass is 9.96. The molecule has 0 saturated carbocycles. The first kappa shape index (κ1) is 17.6. The molecule has 1 rings (SSSR count). The summed E-state index contributed by atoms with van der Waals surface area (Å²) in [7, 11) is -8.75. The van der Waals surface area contributed by atoms with Crippen LogP contribution in [0.15, 0.2) is 24.0 Å². The fourth-order valence-electron chi connectivity index (χ4n) is 1.92. The first-order valence-electron chi connectivity index (χ1n) is 5.94. The number of aliphatic hydroxyl groups excluding tert-OH is 1. The minimum absolute atomic E-state index is 0.0712. The van der Waals surface area contributed by atoms with E-state index in [1.165, 1.54) is 6.08 Å². The first-order valence-corrected chi connectivity index (χ1v) is 9.53. The lowest BCUT2D eigenvalue weighted by Crippen LogP contribution is -2.28. The Morgan fingerprint density at radius 3 is 2.10 bits per heavy atom. The number of rotatable bonds is 7. The van der Waals surface area contributed by atoms with Gasteiger partial charge in [-0.25, -0.2) is 0 Å². The molecular formula is C10H19NO7P2. The van der Waals surface area contributed by atoms with Gasteiger partial charge in [-0.2, -0.15) is 0 Å². The second-order valence-corrected chi connectivity index (χ2v) is 8.00. The highest BCUT2D eigenvalue weighted by atomic mass is 31.2. The van der Waals surface area contributed by atoms with Gasteiger partial charge in [0.1, 0.15) is 18.3 Å². The van der Waals surface area contributed by atoms with E-state index in [4.69, 9.17) is 24.7 Å². The van der Waals surface area contributed by atoms with Crippen molar-refractivity contribution < 1.29 is 33.8 Å². The standard InChI is InChI=1S/C10H19NO7P2/c12-10-3-1-9(2-4-10)5-6-11(7-19(13,14)15)8-20(16,17)18/h1,3-4,9,12H,2,5-8H2,(H2,13,14,15)(H2,16,17,18)/t9-/m0/s1. The van der Waals surface area contributed by atoms with Crippen molar-refractivity contribution in [3.63, 3.8) is 0 Å². The fraction of sp³-hybridized carbons (Fsp3) is 0.600. The Morgan fingerprint density at radius 1 is 1.15 bits per heavy atom. The van der Waals surface area contributed by atoms with Crippen LogP contribution < -0.4 is 0 Å². The summed E-state index contributed by atoms with van der Waals surface area (Å²) in [4.78, 5) is 36.7. The van der Waals surface area contributed by atoms with Gasteiger partial charge in [0.2, 0.25) is 0 Å². The molecule has 1 aliphatic rings. The highest BCUT2D eigenvalue weighted by Crippen LogP contribution is 2.41. The Bertz CT molecular complexity index is 454. The van der Waals surface area contributed by atoms with Crippen molar-refractivity contribution in [2.75, 3.05) is 19.1 Å². The molecule has 0 aliphatic heterocycles. The molecule has 10 heteroatoms. The van der Waals surface area contributed by atoms with Gasteiger partial charge >= 0.3 is 15.2 Å². The molecule has 0 spiro atoms. The van der Waals surface area contributed by atoms with Crippen LogP contribution >= 0.6 is 15.2 Å². The largest absolute Gasteiger partial charge is 0.508 e. The van der Waals surface area contributed by atoms with Crippen LogP contribution in [-0.4, -0.2) is 48.7 Å². The molecule has 0 aromatic heterocycles. The molecule has 20 heavy (non-hydrogen) atoms. The van der Waals surface area contributed by atoms with Crippen molar-refractivity contribution in [1.29, 1.82) is 0 Å². The maximum Gasteiger partial charge on any atom is 0.339 e. The van der Waals surface area contributed by atoms with Gasteiger partial charge in [0.25, 0.3) is 0 Å². The van der Waals surface area contributed by atoms with E-state index in [-0.39, 0.29) is 18.2 Å². The Morgan fingerprint density at radius 2 is 1.70 bits per heavy atom. The second kappa shape index (κ2) is 7.00. The Hall–Kier alpha value is -0.460. The van der Waals surface area contributed by atoms with E-state index in [0.29, 0.717) is 12.8 Å². The molecule has 0 radical (unpaired) electrons. The predicted molar refractivity (Wildman–Crippen MR) is 73.1 cm³/mol. The minimum atomic E-state index is -4.37. The van der Waals surface area contributed by atoms with Gasteiger partial charge < -0.3 is 24.7 Å². The van der Waals surface area contributed by atoms with E-state index in [9.17, 15) is 9.13 Å². The topological polar surface area (TPSA) is 139 Å². The maximum atomic E-state index is 11.0. The van der Waals surface area contributed by atoms with Gasteiger partial charge in [0.15, 0.2) is 0 Å². The van der Waals surface area contributed by atoms with Gasteiger partial charge in [-0.3, -0.25) is 14.0 Å². The van der Waals surface area contributed by atoms with Crippen LogP contribution in [0.25, 0.3) is 0 Å². The molecule has 0 aromatic rings. The maximum absolute atomic E-state index is 11.0. The summed E-state index contributed by atoms with van der Waals surface area (Å²) < 4.78 is 21.9. The molecule has 1 aliphatic carbocycles. The molecule has 0 heterocycles. The molecule has 0 aromatic carbocycles. The normalized spacial score (nSPS) is 20.2. The smallest absolute Gasteiger partial charge is 0.339 e. The van der Waals surface area contributed by atoms with Crippen molar-refractivity contribution in [3.05, 3.63) is 24.0 Å². The van der Waals surface area contributed by atoms with E-state index in [0.717, 1.165) is 4.90 Å². The lowest BCUT2D eigenvalue weighted by Gasteiger charge is -2.24. The van der Waals surface area contributed by atoms with Crippen LogP contribution in [-0.2, 0) is 9.13 Å². The van der Waals surface area contributed by atoms with Gasteiger partial charge in [-0.05, 0) is 30.9 Å². The third-order valence-corrected chi connectivity index (χ3v) is 4.29. The average Bonchev–Trinajstić information content (AvgIpc) is 2.23. The highest BCUT2D eigenvalue weighted by molar-refractivity contribution is 7.52. The van der Waals surface area contributed by atoms with Gasteiger partial charge in [0.05, 0.1) is 0 Å². The van der Waals surface area contributed by atoms with Crippen LogP contribution in [0.1, 0.15) is 12.8 Å². The molecule has 116 valence electrons. The summed E-state index contributed by atoms with van der Waals surface area (Å²) in [6.07, 6.45) is 4.63. The number of hydrogen-bond acceptors (Lipinski definition) is 4. The number of allylic oxidation sites excluding steroid dienone is 3. The molecule has 8 nitrogen and oxygen atoms in total. The van der Waals surface area contributed by atoms with E-state index in [1.54, 1.807) is 12.2 Å². The van der Waals surface area contributed by atoms with Crippen LogP contribution in [0.3, 0.4) is 0 Å². The van der Waals surface area contributed by atoms with Crippen molar-refractivity contribution in [3.8, 4) is 0 Å². The Kier molecular flexibility index (Phi) is 6.16. The Labute approximate surface area is 116 Å². The minimum Gasteiger partial charge on any atom is -0.508 e. The van der Waals surface area contributed by atoms with Crippen LogP contribution in [0, 0.1) is 5.92 Å². The quantitative estimate of drug-likeness (QED) is 0.436. The molecular weight excluding hydrogens is 308 g/mol. The molecule has 0 unspecified atom stereocenters. The summed E-state index contributed by atoms with van der Waals surface area (Å²) in [5.41, 5.74) is 0. The average molecular weight is 327 g/mol. The summed E-state index contributed by atoms with van der Waals surface area (Å²) >= 11 is 0. The molecule has 5 N–H and O–H groups in total. The number of aliphatic hydroxyl groups is 1. The predicted octanol–water partition coefficient (Wildman–Crippen LogP) is 0.967. The summed E-state index contributed by atoms with van der Waals surface area (Å²) in [5, 5.41) is 9.17. The second-order valence-electron chi connectivity index (χ2n) is 4.78. The van der Waals surface area contributed by atoms with E-state index in [2.05, 4.69) is 0 Å². The molecule has 0 amide bonds. The summed E-state index contributed by atoms with van der Waals surface area (Å²) in [6.45, 7) is 0.153. The lowest BCUT2D eigenvalue weighted by molar-refractivity contribution is 0.267.